The van der Waals surface area contributed by atoms with E-state index < -0.39 is 0 Å². The molecule has 3 rings (SSSR count). The first-order valence-corrected chi connectivity index (χ1v) is 9.97. The first-order valence-electron chi connectivity index (χ1n) is 9.97. The summed E-state index contributed by atoms with van der Waals surface area (Å²) in [6, 6.07) is 24.7. The van der Waals surface area contributed by atoms with Gasteiger partial charge in [-0.3, -0.25) is 0 Å². The summed E-state index contributed by atoms with van der Waals surface area (Å²) in [6.07, 6.45) is 0. The lowest BCUT2D eigenvalue weighted by Gasteiger charge is -2.33. The van der Waals surface area contributed by atoms with Crippen LogP contribution in [0.1, 0.15) is 64.3 Å². The van der Waals surface area contributed by atoms with Crippen molar-refractivity contribution in [3.63, 3.8) is 0 Å². The van der Waals surface area contributed by atoms with Gasteiger partial charge in [0.05, 0.1) is 0 Å². The van der Waals surface area contributed by atoms with Crippen LogP contribution in [0.4, 0.5) is 0 Å². The molecule has 0 spiro atoms. The second-order valence-electron chi connectivity index (χ2n) is 9.70. The van der Waals surface area contributed by atoms with E-state index in [0.29, 0.717) is 0 Å². The van der Waals surface area contributed by atoms with Crippen molar-refractivity contribution >= 4 is 10.8 Å². The largest absolute Gasteiger partial charge is 0.305 e. The van der Waals surface area contributed by atoms with Crippen LogP contribution < -0.4 is 5.32 Å². The maximum atomic E-state index is 3.84. The van der Waals surface area contributed by atoms with E-state index in [0.717, 1.165) is 6.54 Å². The van der Waals surface area contributed by atoms with Crippen molar-refractivity contribution in [1.29, 1.82) is 0 Å². The van der Waals surface area contributed by atoms with Crippen LogP contribution in [-0.4, -0.2) is 0 Å². The van der Waals surface area contributed by atoms with Crippen LogP contribution in [0.3, 0.4) is 0 Å². The molecule has 0 aliphatic carbocycles. The van der Waals surface area contributed by atoms with E-state index in [2.05, 4.69) is 114 Å². The average molecular weight is 360 g/mol. The zero-order valence-electron chi connectivity index (χ0n) is 17.6. The third kappa shape index (κ3) is 4.59. The zero-order chi connectivity index (χ0) is 19.7. The molecule has 142 valence electrons. The molecule has 0 amide bonds. The molecule has 0 bridgehead atoms. The molecule has 0 aliphatic rings. The molecule has 27 heavy (non-hydrogen) atoms. The second-order valence-corrected chi connectivity index (χ2v) is 9.70. The molecule has 1 heteroatoms. The highest BCUT2D eigenvalue weighted by Crippen LogP contribution is 2.36. The van der Waals surface area contributed by atoms with Gasteiger partial charge in [-0.1, -0.05) is 108 Å². The summed E-state index contributed by atoms with van der Waals surface area (Å²) in [4.78, 5) is 0. The van der Waals surface area contributed by atoms with Crippen LogP contribution >= 0.6 is 0 Å². The summed E-state index contributed by atoms with van der Waals surface area (Å²) in [7, 11) is 0. The zero-order valence-corrected chi connectivity index (χ0v) is 17.6. The lowest BCUT2D eigenvalue weighted by Crippen LogP contribution is -2.32. The van der Waals surface area contributed by atoms with Crippen LogP contribution in [0.15, 0.2) is 66.7 Å². The number of rotatable bonds is 4. The molecular formula is C26H33N. The molecule has 0 aromatic heterocycles. The van der Waals surface area contributed by atoms with Crippen molar-refractivity contribution in [3.8, 4) is 0 Å². The Morgan fingerprint density at radius 2 is 1.37 bits per heavy atom. The lowest BCUT2D eigenvalue weighted by molar-refractivity contribution is 0.272. The Morgan fingerprint density at radius 1 is 0.741 bits per heavy atom. The fraction of sp³-hybridized carbons (Fsp3) is 0.385. The molecular weight excluding hydrogens is 326 g/mol. The predicted octanol–water partition coefficient (Wildman–Crippen LogP) is 7.01. The monoisotopic (exact) mass is 359 g/mol. The van der Waals surface area contributed by atoms with Crippen molar-refractivity contribution in [3.05, 3.63) is 83.4 Å². The van der Waals surface area contributed by atoms with E-state index >= 15 is 0 Å². The molecule has 1 atom stereocenters. The first kappa shape index (κ1) is 19.6. The Morgan fingerprint density at radius 3 is 2.00 bits per heavy atom. The van der Waals surface area contributed by atoms with Gasteiger partial charge in [-0.25, -0.2) is 0 Å². The van der Waals surface area contributed by atoms with Gasteiger partial charge in [-0.05, 0) is 38.3 Å². The summed E-state index contributed by atoms with van der Waals surface area (Å²) < 4.78 is 0. The minimum Gasteiger partial charge on any atom is -0.305 e. The third-order valence-corrected chi connectivity index (χ3v) is 5.33. The van der Waals surface area contributed by atoms with Crippen molar-refractivity contribution in [2.75, 3.05) is 0 Å². The molecule has 0 aliphatic heterocycles. The van der Waals surface area contributed by atoms with Gasteiger partial charge in [-0.2, -0.15) is 0 Å². The second kappa shape index (κ2) is 7.48. The molecule has 3 aromatic rings. The number of hydrogen-bond acceptors (Lipinski definition) is 1. The van der Waals surface area contributed by atoms with E-state index in [4.69, 9.17) is 0 Å². The number of nitrogens with one attached hydrogen (secondary N) is 1. The lowest BCUT2D eigenvalue weighted by atomic mass is 9.80. The van der Waals surface area contributed by atoms with Gasteiger partial charge in [0.25, 0.3) is 0 Å². The van der Waals surface area contributed by atoms with Crippen molar-refractivity contribution in [2.24, 2.45) is 5.41 Å². The van der Waals surface area contributed by atoms with Gasteiger partial charge in [0.15, 0.2) is 0 Å². The Hall–Kier alpha value is -2.12. The summed E-state index contributed by atoms with van der Waals surface area (Å²) in [5.74, 6) is 0. The van der Waals surface area contributed by atoms with Crippen LogP contribution in [0.5, 0.6) is 0 Å². The molecule has 0 saturated carbocycles. The average Bonchev–Trinajstić information content (AvgIpc) is 2.60. The van der Waals surface area contributed by atoms with E-state index in [1.165, 1.54) is 27.5 Å². The Labute approximate surface area is 164 Å². The highest BCUT2D eigenvalue weighted by atomic mass is 14.9. The number of hydrogen-bond donors (Lipinski definition) is 1. The van der Waals surface area contributed by atoms with Gasteiger partial charge >= 0.3 is 0 Å². The van der Waals surface area contributed by atoms with E-state index in [1.54, 1.807) is 0 Å². The van der Waals surface area contributed by atoms with E-state index in [-0.39, 0.29) is 16.9 Å². The Bertz CT molecular complexity index is 887. The maximum Gasteiger partial charge on any atom is 0.0378 e. The molecule has 1 N–H and O–H groups in total. The summed E-state index contributed by atoms with van der Waals surface area (Å²) >= 11 is 0. The van der Waals surface area contributed by atoms with Crippen LogP contribution in [-0.2, 0) is 12.0 Å². The van der Waals surface area contributed by atoms with Crippen LogP contribution in [0.25, 0.3) is 10.8 Å². The topological polar surface area (TPSA) is 12.0 Å². The maximum absolute atomic E-state index is 3.84. The van der Waals surface area contributed by atoms with Crippen LogP contribution in [0, 0.1) is 5.41 Å². The minimum absolute atomic E-state index is 0.121. The van der Waals surface area contributed by atoms with E-state index in [9.17, 15) is 0 Å². The normalized spacial score (nSPS) is 13.7. The Kier molecular flexibility index (Phi) is 5.44. The van der Waals surface area contributed by atoms with Gasteiger partial charge in [0, 0.05) is 12.6 Å². The predicted molar refractivity (Wildman–Crippen MR) is 118 cm³/mol. The third-order valence-electron chi connectivity index (χ3n) is 5.33. The van der Waals surface area contributed by atoms with Gasteiger partial charge < -0.3 is 5.32 Å². The fourth-order valence-corrected chi connectivity index (χ4v) is 3.73. The van der Waals surface area contributed by atoms with Gasteiger partial charge in [0.2, 0.25) is 0 Å². The molecule has 1 nitrogen and oxygen atoms in total. The van der Waals surface area contributed by atoms with Crippen molar-refractivity contribution < 1.29 is 0 Å². The van der Waals surface area contributed by atoms with Gasteiger partial charge in [-0.15, -0.1) is 0 Å². The van der Waals surface area contributed by atoms with Crippen molar-refractivity contribution in [2.45, 2.75) is 59.5 Å². The summed E-state index contributed by atoms with van der Waals surface area (Å²) in [5, 5.41) is 6.49. The fourth-order valence-electron chi connectivity index (χ4n) is 3.73. The molecule has 0 heterocycles. The molecule has 0 radical (unpaired) electrons. The Balaban J connectivity index is 1.86. The summed E-state index contributed by atoms with van der Waals surface area (Å²) in [6.45, 7) is 14.6. The minimum atomic E-state index is 0.121. The summed E-state index contributed by atoms with van der Waals surface area (Å²) in [5.41, 5.74) is 4.41. The standard InChI is InChI=1S/C26H33N/c1-25(2,3)21-16-14-19(15-17-21)18-27-24(26(4,5)6)23-13-9-11-20-10-7-8-12-22(20)23/h7-17,24,27H,18H2,1-6H3. The van der Waals surface area contributed by atoms with Crippen molar-refractivity contribution in [1.82, 2.24) is 5.32 Å². The highest BCUT2D eigenvalue weighted by Gasteiger charge is 2.27. The smallest absolute Gasteiger partial charge is 0.0378 e. The molecule has 0 fully saturated rings. The van der Waals surface area contributed by atoms with Crippen LogP contribution in [0.2, 0.25) is 0 Å². The molecule has 1 unspecified atom stereocenters. The van der Waals surface area contributed by atoms with E-state index in [1.807, 2.05) is 0 Å². The molecule has 0 saturated heterocycles. The highest BCUT2D eigenvalue weighted by molar-refractivity contribution is 5.86. The molecule has 3 aromatic carbocycles. The van der Waals surface area contributed by atoms with Gasteiger partial charge in [0.1, 0.15) is 0 Å². The SMILES string of the molecule is CC(C)(C)c1ccc(CNC(c2cccc3ccccc23)C(C)(C)C)cc1. The number of fused-ring (bicyclic) bond motifs is 1. The quantitative estimate of drug-likeness (QED) is 0.528. The first-order chi connectivity index (χ1) is 12.7. The number of benzene rings is 3.